The minimum atomic E-state index is -0.158. The van der Waals surface area contributed by atoms with Gasteiger partial charge in [-0.3, -0.25) is 4.79 Å². The van der Waals surface area contributed by atoms with Crippen LogP contribution < -0.4 is 16.0 Å². The van der Waals surface area contributed by atoms with Gasteiger partial charge in [0.15, 0.2) is 0 Å². The zero-order chi connectivity index (χ0) is 25.9. The third-order valence-corrected chi connectivity index (χ3v) is 7.38. The Morgan fingerprint density at radius 1 is 0.556 bits per heavy atom. The maximum atomic E-state index is 11.9. The highest BCUT2D eigenvalue weighted by atomic mass is 16.2. The number of likely N-dealkylation sites (tertiary alicyclic amines) is 1. The number of hydrogen-bond donors (Lipinski definition) is 3. The Labute approximate surface area is 223 Å². The van der Waals surface area contributed by atoms with Gasteiger partial charge in [-0.2, -0.15) is 0 Å². The summed E-state index contributed by atoms with van der Waals surface area (Å²) in [5, 5.41) is 8.66. The maximum absolute atomic E-state index is 11.9. The van der Waals surface area contributed by atoms with Gasteiger partial charge >= 0.3 is 6.03 Å². The number of nitrogens with zero attached hydrogens (tertiary/aromatic N) is 1. The van der Waals surface area contributed by atoms with Gasteiger partial charge in [-0.25, -0.2) is 4.79 Å². The van der Waals surface area contributed by atoms with E-state index in [1.807, 2.05) is 0 Å². The van der Waals surface area contributed by atoms with Gasteiger partial charge < -0.3 is 20.9 Å². The number of urea groups is 1. The molecular weight excluding hydrogens is 448 g/mol. The van der Waals surface area contributed by atoms with Gasteiger partial charge in [0.05, 0.1) is 0 Å². The van der Waals surface area contributed by atoms with Crippen molar-refractivity contribution in [1.82, 2.24) is 20.9 Å². The molecule has 3 amide bonds. The minimum Gasteiger partial charge on any atom is -0.356 e. The highest BCUT2D eigenvalue weighted by Gasteiger charge is 2.09. The van der Waals surface area contributed by atoms with Gasteiger partial charge in [-0.05, 0) is 45.3 Å². The molecule has 0 spiro atoms. The lowest BCUT2D eigenvalue weighted by atomic mass is 10.0. The summed E-state index contributed by atoms with van der Waals surface area (Å²) in [4.78, 5) is 26.3. The Morgan fingerprint density at radius 3 is 1.58 bits per heavy atom. The predicted octanol–water partition coefficient (Wildman–Crippen LogP) is 6.93. The fourth-order valence-corrected chi connectivity index (χ4v) is 5.03. The van der Waals surface area contributed by atoms with Gasteiger partial charge in [0.25, 0.3) is 0 Å². The molecule has 1 aliphatic heterocycles. The zero-order valence-corrected chi connectivity index (χ0v) is 23.9. The molecule has 3 N–H and O–H groups in total. The molecule has 0 saturated carbocycles. The molecule has 0 aromatic carbocycles. The van der Waals surface area contributed by atoms with Crippen LogP contribution in [0.15, 0.2) is 0 Å². The number of unbranched alkanes of at least 4 members (excludes halogenated alkanes) is 15. The number of nitrogens with one attached hydrogen (secondary N) is 3. The normalized spacial score (nSPS) is 14.0. The summed E-state index contributed by atoms with van der Waals surface area (Å²) in [7, 11) is 0. The van der Waals surface area contributed by atoms with Crippen molar-refractivity contribution in [3.8, 4) is 0 Å². The van der Waals surface area contributed by atoms with Crippen LogP contribution in [0.1, 0.15) is 142 Å². The Balaban J connectivity index is 1.75. The molecule has 0 aliphatic carbocycles. The Morgan fingerprint density at radius 2 is 1.03 bits per heavy atom. The first kappa shape index (κ1) is 32.7. The molecule has 6 heteroatoms. The predicted molar refractivity (Wildman–Crippen MR) is 153 cm³/mol. The highest BCUT2D eigenvalue weighted by Crippen LogP contribution is 2.13. The zero-order valence-electron chi connectivity index (χ0n) is 23.9. The largest absolute Gasteiger partial charge is 0.356 e. The number of piperidine rings is 1. The molecule has 1 rings (SSSR count). The van der Waals surface area contributed by atoms with E-state index in [9.17, 15) is 9.59 Å². The average molecular weight is 509 g/mol. The molecule has 1 aliphatic rings. The van der Waals surface area contributed by atoms with Crippen LogP contribution in [0, 0.1) is 0 Å². The fourth-order valence-electron chi connectivity index (χ4n) is 5.03. The van der Waals surface area contributed by atoms with E-state index in [-0.39, 0.29) is 11.9 Å². The van der Waals surface area contributed by atoms with E-state index < -0.39 is 0 Å². The van der Waals surface area contributed by atoms with Gasteiger partial charge in [-0.1, -0.05) is 110 Å². The van der Waals surface area contributed by atoms with Crippen LogP contribution in [0.4, 0.5) is 4.79 Å². The topological polar surface area (TPSA) is 73.5 Å². The van der Waals surface area contributed by atoms with E-state index in [0.29, 0.717) is 19.5 Å². The molecule has 212 valence electrons. The summed E-state index contributed by atoms with van der Waals surface area (Å²) in [5.74, 6) is 0.0201. The van der Waals surface area contributed by atoms with Crippen molar-refractivity contribution in [3.63, 3.8) is 0 Å². The molecule has 0 atom stereocenters. The molecule has 0 unspecified atom stereocenters. The first-order valence-electron chi connectivity index (χ1n) is 15.7. The first-order chi connectivity index (χ1) is 17.7. The molecule has 0 radical (unpaired) electrons. The van der Waals surface area contributed by atoms with Crippen LogP contribution in [0.5, 0.6) is 0 Å². The molecule has 6 nitrogen and oxygen atoms in total. The van der Waals surface area contributed by atoms with Gasteiger partial charge in [0, 0.05) is 26.1 Å². The third-order valence-electron chi connectivity index (χ3n) is 7.38. The Hall–Kier alpha value is -1.30. The molecule has 0 aromatic heterocycles. The summed E-state index contributed by atoms with van der Waals surface area (Å²) in [6.45, 7) is 7.58. The van der Waals surface area contributed by atoms with Crippen LogP contribution in [0.25, 0.3) is 0 Å². The minimum absolute atomic E-state index is 0.0201. The Kier molecular flexibility index (Phi) is 23.0. The highest BCUT2D eigenvalue weighted by molar-refractivity contribution is 5.78. The standard InChI is InChI=1S/C30H60N4O2/c1-2-3-4-5-6-7-8-9-10-11-12-13-14-15-16-18-23-32-30(36)33-25-22-29(35)31-24-21-28-34-26-19-17-20-27-34/h2-28H2,1H3,(H,31,35)(H2,32,33,36). The molecule has 0 aromatic rings. The maximum Gasteiger partial charge on any atom is 0.314 e. The van der Waals surface area contributed by atoms with Crippen molar-refractivity contribution < 1.29 is 9.59 Å². The lowest BCUT2D eigenvalue weighted by Gasteiger charge is -2.26. The average Bonchev–Trinajstić information content (AvgIpc) is 2.89. The van der Waals surface area contributed by atoms with Crippen molar-refractivity contribution in [1.29, 1.82) is 0 Å². The number of hydrogen-bond acceptors (Lipinski definition) is 3. The second kappa shape index (κ2) is 25.4. The summed E-state index contributed by atoms with van der Waals surface area (Å²) in [6.07, 6.45) is 27.0. The van der Waals surface area contributed by atoms with Crippen LogP contribution in [-0.2, 0) is 4.79 Å². The van der Waals surface area contributed by atoms with Gasteiger partial charge in [0.1, 0.15) is 0 Å². The van der Waals surface area contributed by atoms with E-state index in [1.165, 1.54) is 129 Å². The van der Waals surface area contributed by atoms with Crippen molar-refractivity contribution >= 4 is 11.9 Å². The smallest absolute Gasteiger partial charge is 0.314 e. The number of carbonyl (C=O) groups is 2. The molecule has 0 bridgehead atoms. The van der Waals surface area contributed by atoms with E-state index in [0.717, 1.165) is 25.9 Å². The van der Waals surface area contributed by atoms with Crippen LogP contribution in [0.2, 0.25) is 0 Å². The first-order valence-corrected chi connectivity index (χ1v) is 15.7. The van der Waals surface area contributed by atoms with Crippen molar-refractivity contribution in [2.45, 2.75) is 142 Å². The molecular formula is C30H60N4O2. The summed E-state index contributed by atoms with van der Waals surface area (Å²) in [6, 6.07) is -0.158. The molecule has 1 saturated heterocycles. The fraction of sp³-hybridized carbons (Fsp3) is 0.933. The van der Waals surface area contributed by atoms with Crippen LogP contribution in [0.3, 0.4) is 0 Å². The number of carbonyl (C=O) groups excluding carboxylic acids is 2. The molecule has 36 heavy (non-hydrogen) atoms. The van der Waals surface area contributed by atoms with E-state index in [1.54, 1.807) is 0 Å². The van der Waals surface area contributed by atoms with Crippen molar-refractivity contribution in [2.24, 2.45) is 0 Å². The quantitative estimate of drug-likeness (QED) is 0.124. The van der Waals surface area contributed by atoms with Crippen molar-refractivity contribution in [2.75, 3.05) is 39.3 Å². The van der Waals surface area contributed by atoms with E-state index in [4.69, 9.17) is 0 Å². The van der Waals surface area contributed by atoms with E-state index in [2.05, 4.69) is 27.8 Å². The monoisotopic (exact) mass is 508 g/mol. The second-order valence-corrected chi connectivity index (χ2v) is 10.8. The third kappa shape index (κ3) is 21.9. The van der Waals surface area contributed by atoms with Crippen LogP contribution >= 0.6 is 0 Å². The lowest BCUT2D eigenvalue weighted by Crippen LogP contribution is -2.38. The second-order valence-electron chi connectivity index (χ2n) is 10.8. The summed E-state index contributed by atoms with van der Waals surface area (Å²) < 4.78 is 0. The molecule has 1 heterocycles. The Bertz CT molecular complexity index is 509. The lowest BCUT2D eigenvalue weighted by molar-refractivity contribution is -0.120. The SMILES string of the molecule is CCCCCCCCCCCCCCCCCCNC(=O)NCCC(=O)NCCCN1CCCCC1. The number of amides is 3. The van der Waals surface area contributed by atoms with Crippen molar-refractivity contribution in [3.05, 3.63) is 0 Å². The molecule has 1 fully saturated rings. The summed E-state index contributed by atoms with van der Waals surface area (Å²) >= 11 is 0. The van der Waals surface area contributed by atoms with Gasteiger partial charge in [0.2, 0.25) is 5.91 Å². The van der Waals surface area contributed by atoms with Gasteiger partial charge in [-0.15, -0.1) is 0 Å². The van der Waals surface area contributed by atoms with E-state index >= 15 is 0 Å². The summed E-state index contributed by atoms with van der Waals surface area (Å²) in [5.41, 5.74) is 0. The number of rotatable bonds is 24. The van der Waals surface area contributed by atoms with Crippen LogP contribution in [-0.4, -0.2) is 56.1 Å².